The van der Waals surface area contributed by atoms with Crippen LogP contribution in [0.15, 0.2) is 30.3 Å². The smallest absolute Gasteiger partial charge is 0.241 e. The van der Waals surface area contributed by atoms with Crippen LogP contribution in [0.1, 0.15) is 35.2 Å². The Morgan fingerprint density at radius 1 is 1.00 bits per heavy atom. The van der Waals surface area contributed by atoms with E-state index in [1.807, 2.05) is 27.7 Å². The number of carbonyl (C=O) groups excluding carboxylic acids is 1. The molecule has 1 atom stereocenters. The molecule has 0 bridgehead atoms. The molecule has 30 heavy (non-hydrogen) atoms. The van der Waals surface area contributed by atoms with Gasteiger partial charge >= 0.3 is 0 Å². The molecule has 0 saturated heterocycles. The van der Waals surface area contributed by atoms with Crippen molar-refractivity contribution in [3.8, 4) is 11.5 Å². The minimum absolute atomic E-state index is 0.261. The Balaban J connectivity index is 2.26. The van der Waals surface area contributed by atoms with Crippen LogP contribution in [-0.2, 0) is 14.8 Å². The summed E-state index contributed by atoms with van der Waals surface area (Å²) >= 11 is 0. The second-order valence-corrected chi connectivity index (χ2v) is 9.30. The molecule has 0 fully saturated rings. The fraction of sp³-hybridized carbons (Fsp3) is 0.409. The topological polar surface area (TPSA) is 84.9 Å². The molecule has 1 amide bonds. The van der Waals surface area contributed by atoms with Gasteiger partial charge in [-0.1, -0.05) is 12.1 Å². The van der Waals surface area contributed by atoms with Gasteiger partial charge in [0.2, 0.25) is 15.9 Å². The Labute approximate surface area is 179 Å². The van der Waals surface area contributed by atoms with Crippen molar-refractivity contribution in [3.63, 3.8) is 0 Å². The average molecular weight is 435 g/mol. The van der Waals surface area contributed by atoms with Gasteiger partial charge in [0.25, 0.3) is 0 Å². The first-order valence-electron chi connectivity index (χ1n) is 9.54. The summed E-state index contributed by atoms with van der Waals surface area (Å²) in [6, 6.07) is 8.59. The molecule has 0 saturated carbocycles. The minimum atomic E-state index is -3.70. The minimum Gasteiger partial charge on any atom is -0.493 e. The van der Waals surface area contributed by atoms with Crippen molar-refractivity contribution in [2.75, 3.05) is 31.3 Å². The number of carbonyl (C=O) groups is 1. The predicted octanol–water partition coefficient (Wildman–Crippen LogP) is 3.27. The molecular formula is C22H30N2O5S. The highest BCUT2D eigenvalue weighted by Crippen LogP contribution is 2.32. The zero-order chi connectivity index (χ0) is 22.6. The van der Waals surface area contributed by atoms with Gasteiger partial charge < -0.3 is 14.8 Å². The van der Waals surface area contributed by atoms with Crippen LogP contribution in [0, 0.1) is 20.8 Å². The molecule has 2 rings (SSSR count). The van der Waals surface area contributed by atoms with Crippen LogP contribution in [0.5, 0.6) is 11.5 Å². The molecule has 164 valence electrons. The van der Waals surface area contributed by atoms with Crippen LogP contribution in [0.25, 0.3) is 0 Å². The molecule has 0 spiro atoms. The molecule has 0 radical (unpaired) electrons. The lowest BCUT2D eigenvalue weighted by Crippen LogP contribution is -2.41. The lowest BCUT2D eigenvalue weighted by molar-refractivity contribution is -0.120. The SMILES string of the molecule is COc1ccc(N(CC(=O)N[C@H](C)c2cc(C)c(C)cc2C)S(C)(=O)=O)cc1OC. The van der Waals surface area contributed by atoms with Crippen molar-refractivity contribution in [2.24, 2.45) is 0 Å². The largest absolute Gasteiger partial charge is 0.493 e. The molecule has 2 aromatic carbocycles. The first-order chi connectivity index (χ1) is 14.0. The summed E-state index contributed by atoms with van der Waals surface area (Å²) in [5.74, 6) is 0.446. The van der Waals surface area contributed by atoms with Crippen LogP contribution >= 0.6 is 0 Å². The summed E-state index contributed by atoms with van der Waals surface area (Å²) in [4.78, 5) is 12.7. The average Bonchev–Trinajstić information content (AvgIpc) is 2.67. The second-order valence-electron chi connectivity index (χ2n) is 7.39. The summed E-state index contributed by atoms with van der Waals surface area (Å²) in [5, 5.41) is 2.91. The van der Waals surface area contributed by atoms with Gasteiger partial charge in [0.15, 0.2) is 11.5 Å². The maximum atomic E-state index is 12.7. The molecule has 0 aliphatic rings. The Bertz CT molecular complexity index is 1030. The first-order valence-corrected chi connectivity index (χ1v) is 11.4. The van der Waals surface area contributed by atoms with Crippen molar-refractivity contribution in [1.29, 1.82) is 0 Å². The Kier molecular flexibility index (Phi) is 7.36. The molecular weight excluding hydrogens is 404 g/mol. The zero-order valence-electron chi connectivity index (χ0n) is 18.6. The van der Waals surface area contributed by atoms with Crippen molar-refractivity contribution >= 4 is 21.6 Å². The van der Waals surface area contributed by atoms with Gasteiger partial charge in [0.1, 0.15) is 6.54 Å². The normalized spacial score (nSPS) is 12.2. The molecule has 0 aliphatic carbocycles. The van der Waals surface area contributed by atoms with E-state index in [1.54, 1.807) is 12.1 Å². The standard InChI is InChI=1S/C22H30N2O5S/c1-14-10-16(3)19(11-15(14)2)17(4)23-22(25)13-24(30(7,26)27)18-8-9-20(28-5)21(12-18)29-6/h8-12,17H,13H2,1-7H3,(H,23,25)/t17-/m1/s1. The molecule has 1 N–H and O–H groups in total. The van der Waals surface area contributed by atoms with Gasteiger partial charge in [-0.25, -0.2) is 8.42 Å². The number of aryl methyl sites for hydroxylation is 3. The van der Waals surface area contributed by atoms with E-state index >= 15 is 0 Å². The van der Waals surface area contributed by atoms with E-state index in [2.05, 4.69) is 17.4 Å². The van der Waals surface area contributed by atoms with Crippen molar-refractivity contribution in [2.45, 2.75) is 33.7 Å². The van der Waals surface area contributed by atoms with E-state index in [9.17, 15) is 13.2 Å². The summed E-state index contributed by atoms with van der Waals surface area (Å²) in [5.41, 5.74) is 4.72. The number of methoxy groups -OCH3 is 2. The Morgan fingerprint density at radius 2 is 1.60 bits per heavy atom. The molecule has 0 aliphatic heterocycles. The number of sulfonamides is 1. The molecule has 7 nitrogen and oxygen atoms in total. The number of ether oxygens (including phenoxy) is 2. The summed E-state index contributed by atoms with van der Waals surface area (Å²) in [6.07, 6.45) is 1.06. The third-order valence-electron chi connectivity index (χ3n) is 5.07. The van der Waals surface area contributed by atoms with Gasteiger partial charge in [-0.15, -0.1) is 0 Å². The number of rotatable bonds is 8. The number of hydrogen-bond acceptors (Lipinski definition) is 5. The summed E-state index contributed by atoms with van der Waals surface area (Å²) < 4.78 is 36.3. The Morgan fingerprint density at radius 3 is 2.17 bits per heavy atom. The molecule has 8 heteroatoms. The van der Waals surface area contributed by atoms with Gasteiger partial charge in [0, 0.05) is 6.07 Å². The maximum absolute atomic E-state index is 12.7. The van der Waals surface area contributed by atoms with Crippen molar-refractivity contribution in [3.05, 3.63) is 52.6 Å². The quantitative estimate of drug-likeness (QED) is 0.689. The van der Waals surface area contributed by atoms with E-state index < -0.39 is 15.9 Å². The Hall–Kier alpha value is -2.74. The number of nitrogens with one attached hydrogen (secondary N) is 1. The highest BCUT2D eigenvalue weighted by molar-refractivity contribution is 7.92. The number of anilines is 1. The van der Waals surface area contributed by atoms with Crippen molar-refractivity contribution < 1.29 is 22.7 Å². The monoisotopic (exact) mass is 434 g/mol. The lowest BCUT2D eigenvalue weighted by atomic mass is 9.96. The number of benzene rings is 2. The molecule has 0 unspecified atom stereocenters. The van der Waals surface area contributed by atoms with E-state index in [0.717, 1.165) is 27.3 Å². The highest BCUT2D eigenvalue weighted by Gasteiger charge is 2.23. The number of hydrogen-bond donors (Lipinski definition) is 1. The van der Waals surface area contributed by atoms with Gasteiger partial charge in [-0.05, 0) is 62.1 Å². The van der Waals surface area contributed by atoms with Crippen LogP contribution in [0.4, 0.5) is 5.69 Å². The van der Waals surface area contributed by atoms with Crippen LogP contribution in [-0.4, -0.2) is 41.3 Å². The fourth-order valence-corrected chi connectivity index (χ4v) is 4.17. The maximum Gasteiger partial charge on any atom is 0.241 e. The highest BCUT2D eigenvalue weighted by atomic mass is 32.2. The van der Waals surface area contributed by atoms with E-state index in [0.29, 0.717) is 17.2 Å². The van der Waals surface area contributed by atoms with Crippen molar-refractivity contribution in [1.82, 2.24) is 5.32 Å². The number of nitrogens with zero attached hydrogens (tertiary/aromatic N) is 1. The van der Waals surface area contributed by atoms with Crippen LogP contribution in [0.3, 0.4) is 0 Å². The first kappa shape index (κ1) is 23.5. The predicted molar refractivity (Wildman–Crippen MR) is 119 cm³/mol. The lowest BCUT2D eigenvalue weighted by Gasteiger charge is -2.24. The van der Waals surface area contributed by atoms with Crippen LogP contribution in [0.2, 0.25) is 0 Å². The fourth-order valence-electron chi connectivity index (χ4n) is 3.32. The second kappa shape index (κ2) is 9.38. The van der Waals surface area contributed by atoms with Gasteiger partial charge in [0.05, 0.1) is 32.2 Å². The summed E-state index contributed by atoms with van der Waals surface area (Å²) in [6.45, 7) is 7.60. The van der Waals surface area contributed by atoms with E-state index in [1.165, 1.54) is 25.8 Å². The van der Waals surface area contributed by atoms with Crippen LogP contribution < -0.4 is 19.1 Å². The van der Waals surface area contributed by atoms with Gasteiger partial charge in [-0.3, -0.25) is 9.10 Å². The molecule has 0 aromatic heterocycles. The summed E-state index contributed by atoms with van der Waals surface area (Å²) in [7, 11) is -0.742. The number of amides is 1. The van der Waals surface area contributed by atoms with E-state index in [-0.39, 0.29) is 12.6 Å². The third-order valence-corrected chi connectivity index (χ3v) is 6.21. The molecule has 0 heterocycles. The van der Waals surface area contributed by atoms with Gasteiger partial charge in [-0.2, -0.15) is 0 Å². The van der Waals surface area contributed by atoms with E-state index in [4.69, 9.17) is 9.47 Å². The zero-order valence-corrected chi connectivity index (χ0v) is 19.4. The molecule has 2 aromatic rings. The third kappa shape index (κ3) is 5.44.